The summed E-state index contributed by atoms with van der Waals surface area (Å²) < 4.78 is 5.16. The van der Waals surface area contributed by atoms with E-state index in [2.05, 4.69) is 41.7 Å². The molecule has 1 aliphatic heterocycles. The Hall–Kier alpha value is -1.65. The number of piperidine rings is 1. The van der Waals surface area contributed by atoms with Crippen LogP contribution in [-0.2, 0) is 14.9 Å². The van der Waals surface area contributed by atoms with Gasteiger partial charge in [0.05, 0.1) is 18.2 Å². The van der Waals surface area contributed by atoms with Gasteiger partial charge in [-0.2, -0.15) is 0 Å². The molecular weight excluding hydrogens is 278 g/mol. The van der Waals surface area contributed by atoms with Crippen LogP contribution in [0.2, 0.25) is 0 Å². The second kappa shape index (κ2) is 7.07. The van der Waals surface area contributed by atoms with E-state index in [-0.39, 0.29) is 17.3 Å². The summed E-state index contributed by atoms with van der Waals surface area (Å²) in [6, 6.07) is 2.07. The Morgan fingerprint density at radius 2 is 2.18 bits per heavy atom. The van der Waals surface area contributed by atoms with Crippen LogP contribution >= 0.6 is 0 Å². The summed E-state index contributed by atoms with van der Waals surface area (Å²) in [4.78, 5) is 23.0. The van der Waals surface area contributed by atoms with Crippen LogP contribution in [-0.4, -0.2) is 35.6 Å². The van der Waals surface area contributed by atoms with Gasteiger partial charge in [0.25, 0.3) is 0 Å². The molecule has 1 fully saturated rings. The minimum absolute atomic E-state index is 0.0357. The number of esters is 1. The summed E-state index contributed by atoms with van der Waals surface area (Å²) in [5.41, 5.74) is 1.09. The van der Waals surface area contributed by atoms with Gasteiger partial charge in [-0.05, 0) is 26.2 Å². The second-order valence-corrected chi connectivity index (χ2v) is 6.54. The van der Waals surface area contributed by atoms with Crippen molar-refractivity contribution in [3.05, 3.63) is 18.1 Å². The fourth-order valence-corrected chi connectivity index (χ4v) is 2.71. The summed E-state index contributed by atoms with van der Waals surface area (Å²) >= 11 is 0. The first-order chi connectivity index (χ1) is 10.5. The molecule has 0 amide bonds. The van der Waals surface area contributed by atoms with Crippen LogP contribution in [0.4, 0.5) is 5.82 Å². The van der Waals surface area contributed by atoms with E-state index in [1.165, 1.54) is 0 Å². The SMILES string of the molecule is CCOC(=O)C1CCCN(c2cc(C(C)(C)CC)ncn2)C1. The molecule has 1 aromatic rings. The summed E-state index contributed by atoms with van der Waals surface area (Å²) in [5, 5.41) is 0. The predicted molar refractivity (Wildman–Crippen MR) is 86.9 cm³/mol. The van der Waals surface area contributed by atoms with Crippen molar-refractivity contribution in [2.75, 3.05) is 24.6 Å². The molecule has 5 nitrogen and oxygen atoms in total. The van der Waals surface area contributed by atoms with Crippen LogP contribution in [0.3, 0.4) is 0 Å². The van der Waals surface area contributed by atoms with Crippen molar-refractivity contribution in [2.24, 2.45) is 5.92 Å². The average molecular weight is 305 g/mol. The number of ether oxygens (including phenoxy) is 1. The molecule has 0 aliphatic carbocycles. The van der Waals surface area contributed by atoms with Crippen molar-refractivity contribution in [3.8, 4) is 0 Å². The molecule has 0 saturated carbocycles. The molecule has 1 aromatic heterocycles. The Morgan fingerprint density at radius 3 is 2.86 bits per heavy atom. The third-order valence-electron chi connectivity index (χ3n) is 4.60. The fraction of sp³-hybridized carbons (Fsp3) is 0.706. The number of nitrogens with zero attached hydrogens (tertiary/aromatic N) is 3. The van der Waals surface area contributed by atoms with Crippen LogP contribution in [0.5, 0.6) is 0 Å². The van der Waals surface area contributed by atoms with E-state index >= 15 is 0 Å². The van der Waals surface area contributed by atoms with Gasteiger partial charge in [0.2, 0.25) is 0 Å². The molecule has 22 heavy (non-hydrogen) atoms. The van der Waals surface area contributed by atoms with Gasteiger partial charge in [0.1, 0.15) is 12.1 Å². The minimum atomic E-state index is -0.0876. The van der Waals surface area contributed by atoms with Crippen LogP contribution < -0.4 is 4.90 Å². The number of hydrogen-bond acceptors (Lipinski definition) is 5. The number of aromatic nitrogens is 2. The van der Waals surface area contributed by atoms with Gasteiger partial charge in [0.15, 0.2) is 0 Å². The first-order valence-corrected chi connectivity index (χ1v) is 8.22. The maximum absolute atomic E-state index is 12.0. The predicted octanol–water partition coefficient (Wildman–Crippen LogP) is 2.94. The second-order valence-electron chi connectivity index (χ2n) is 6.54. The first kappa shape index (κ1) is 16.7. The number of rotatable bonds is 5. The lowest BCUT2D eigenvalue weighted by Gasteiger charge is -2.33. The van der Waals surface area contributed by atoms with Crippen LogP contribution in [0.15, 0.2) is 12.4 Å². The highest BCUT2D eigenvalue weighted by atomic mass is 16.5. The minimum Gasteiger partial charge on any atom is -0.466 e. The van der Waals surface area contributed by atoms with Gasteiger partial charge in [-0.3, -0.25) is 4.79 Å². The number of carbonyl (C=O) groups excluding carboxylic acids is 1. The highest BCUT2D eigenvalue weighted by Gasteiger charge is 2.28. The van der Waals surface area contributed by atoms with Crippen molar-refractivity contribution < 1.29 is 9.53 Å². The van der Waals surface area contributed by atoms with Gasteiger partial charge in [0, 0.05) is 24.6 Å². The fourth-order valence-electron chi connectivity index (χ4n) is 2.71. The third kappa shape index (κ3) is 3.76. The average Bonchev–Trinajstić information content (AvgIpc) is 2.55. The molecule has 1 atom stereocenters. The lowest BCUT2D eigenvalue weighted by atomic mass is 9.86. The Balaban J connectivity index is 2.14. The zero-order chi connectivity index (χ0) is 16.2. The highest BCUT2D eigenvalue weighted by Crippen LogP contribution is 2.28. The van der Waals surface area contributed by atoms with E-state index < -0.39 is 0 Å². The summed E-state index contributed by atoms with van der Waals surface area (Å²) in [6.45, 7) is 10.5. The Morgan fingerprint density at radius 1 is 1.41 bits per heavy atom. The molecule has 0 radical (unpaired) electrons. The van der Waals surface area contributed by atoms with Gasteiger partial charge in [-0.25, -0.2) is 9.97 Å². The maximum Gasteiger partial charge on any atom is 0.310 e. The van der Waals surface area contributed by atoms with Gasteiger partial charge < -0.3 is 9.64 Å². The number of carbonyl (C=O) groups is 1. The summed E-state index contributed by atoms with van der Waals surface area (Å²) in [6.07, 6.45) is 4.54. The topological polar surface area (TPSA) is 55.3 Å². The van der Waals surface area contributed by atoms with Crippen molar-refractivity contribution in [2.45, 2.75) is 52.4 Å². The van der Waals surface area contributed by atoms with Crippen molar-refractivity contribution >= 4 is 11.8 Å². The Labute approximate surface area is 133 Å². The zero-order valence-electron chi connectivity index (χ0n) is 14.1. The number of anilines is 1. The van der Waals surface area contributed by atoms with Gasteiger partial charge in [-0.15, -0.1) is 0 Å². The van der Waals surface area contributed by atoms with E-state index in [0.29, 0.717) is 13.2 Å². The third-order valence-corrected chi connectivity index (χ3v) is 4.60. The number of hydrogen-bond donors (Lipinski definition) is 0. The van der Waals surface area contributed by atoms with Crippen LogP contribution in [0.1, 0.15) is 52.7 Å². The molecule has 5 heteroatoms. The molecule has 1 saturated heterocycles. The van der Waals surface area contributed by atoms with Crippen LogP contribution in [0.25, 0.3) is 0 Å². The molecule has 0 bridgehead atoms. The van der Waals surface area contributed by atoms with Gasteiger partial charge >= 0.3 is 5.97 Å². The molecular formula is C17H27N3O2. The Bertz CT molecular complexity index is 516. The lowest BCUT2D eigenvalue weighted by molar-refractivity contribution is -0.148. The van der Waals surface area contributed by atoms with E-state index in [1.807, 2.05) is 6.92 Å². The largest absolute Gasteiger partial charge is 0.466 e. The van der Waals surface area contributed by atoms with E-state index in [9.17, 15) is 4.79 Å². The van der Waals surface area contributed by atoms with E-state index in [1.54, 1.807) is 6.33 Å². The maximum atomic E-state index is 12.0. The zero-order valence-corrected chi connectivity index (χ0v) is 14.1. The molecule has 0 N–H and O–H groups in total. The molecule has 1 aliphatic rings. The van der Waals surface area contributed by atoms with E-state index in [0.717, 1.165) is 37.3 Å². The molecule has 1 unspecified atom stereocenters. The standard InChI is InChI=1S/C17H27N3O2/c1-5-17(3,4)14-10-15(19-12-18-14)20-9-7-8-13(11-20)16(21)22-6-2/h10,12-13H,5-9,11H2,1-4H3. The Kier molecular flexibility index (Phi) is 5.37. The molecule has 122 valence electrons. The molecule has 0 aromatic carbocycles. The normalized spacial score (nSPS) is 19.1. The van der Waals surface area contributed by atoms with E-state index in [4.69, 9.17) is 4.74 Å². The summed E-state index contributed by atoms with van der Waals surface area (Å²) in [5.74, 6) is 0.780. The molecule has 2 rings (SSSR count). The quantitative estimate of drug-likeness (QED) is 0.783. The van der Waals surface area contributed by atoms with Crippen molar-refractivity contribution in [3.63, 3.8) is 0 Å². The molecule has 2 heterocycles. The van der Waals surface area contributed by atoms with Crippen LogP contribution in [0, 0.1) is 5.92 Å². The first-order valence-electron chi connectivity index (χ1n) is 8.22. The van der Waals surface area contributed by atoms with Crippen molar-refractivity contribution in [1.82, 2.24) is 9.97 Å². The smallest absolute Gasteiger partial charge is 0.310 e. The highest BCUT2D eigenvalue weighted by molar-refractivity contribution is 5.73. The van der Waals surface area contributed by atoms with Gasteiger partial charge in [-0.1, -0.05) is 20.8 Å². The van der Waals surface area contributed by atoms with Crippen molar-refractivity contribution in [1.29, 1.82) is 0 Å². The monoisotopic (exact) mass is 305 g/mol. The molecule has 0 spiro atoms. The lowest BCUT2D eigenvalue weighted by Crippen LogP contribution is -2.40. The summed E-state index contributed by atoms with van der Waals surface area (Å²) in [7, 11) is 0.